The lowest BCUT2D eigenvalue weighted by Crippen LogP contribution is -2.31. The van der Waals surface area contributed by atoms with Gasteiger partial charge in [-0.15, -0.1) is 0 Å². The molecule has 0 aliphatic carbocycles. The van der Waals surface area contributed by atoms with Crippen molar-refractivity contribution in [2.45, 2.75) is 32.8 Å². The number of benzene rings is 1. The molecule has 0 unspecified atom stereocenters. The number of carbonyl (C=O) groups excluding carboxylic acids is 1. The number of hydrogen-bond donors (Lipinski definition) is 0. The van der Waals surface area contributed by atoms with Gasteiger partial charge in [-0.05, 0) is 32.4 Å². The fourth-order valence-corrected chi connectivity index (χ4v) is 1.71. The highest BCUT2D eigenvalue weighted by atomic mass is 16.7. The van der Waals surface area contributed by atoms with Gasteiger partial charge in [0, 0.05) is 6.42 Å². The van der Waals surface area contributed by atoms with Gasteiger partial charge in [-0.3, -0.25) is 4.84 Å². The zero-order valence-corrected chi connectivity index (χ0v) is 9.78. The van der Waals surface area contributed by atoms with Gasteiger partial charge in [0.05, 0.1) is 11.3 Å². The number of allylic oxidation sites excluding steroid dienone is 1. The smallest absolute Gasteiger partial charge is 0.148 e. The molecule has 1 aliphatic rings. The predicted molar refractivity (Wildman–Crippen MR) is 62.7 cm³/mol. The minimum Gasteiger partial charge on any atom is -0.262 e. The molecule has 3 nitrogen and oxygen atoms in total. The Morgan fingerprint density at radius 1 is 1.31 bits per heavy atom. The molecule has 0 amide bonds. The molecule has 0 radical (unpaired) electrons. The SMILES string of the molecule is CC(C)(C)ON1C(=C=O)Cc2ccccc21. The van der Waals surface area contributed by atoms with Crippen molar-refractivity contribution in [3.63, 3.8) is 0 Å². The van der Waals surface area contributed by atoms with Gasteiger partial charge in [0.15, 0.2) is 0 Å². The summed E-state index contributed by atoms with van der Waals surface area (Å²) in [7, 11) is 0. The Bertz CT molecular complexity index is 453. The molecule has 84 valence electrons. The minimum atomic E-state index is -0.334. The highest BCUT2D eigenvalue weighted by Crippen LogP contribution is 2.34. The molecule has 0 bridgehead atoms. The molecule has 0 N–H and O–H groups in total. The zero-order chi connectivity index (χ0) is 11.8. The van der Waals surface area contributed by atoms with Gasteiger partial charge in [0.25, 0.3) is 0 Å². The number of anilines is 1. The van der Waals surface area contributed by atoms with E-state index in [4.69, 9.17) is 4.84 Å². The average Bonchev–Trinajstić information content (AvgIpc) is 2.55. The number of rotatable bonds is 1. The summed E-state index contributed by atoms with van der Waals surface area (Å²) in [5.41, 5.74) is 2.25. The van der Waals surface area contributed by atoms with Crippen LogP contribution in [-0.2, 0) is 16.1 Å². The number of nitrogens with zero attached hydrogens (tertiary/aromatic N) is 1. The summed E-state index contributed by atoms with van der Waals surface area (Å²) >= 11 is 0. The standard InChI is InChI=1S/C13H15NO2/c1-13(2,3)16-14-11(9-15)8-10-6-4-5-7-12(10)14/h4-7H,8H2,1-3H3. The molecule has 1 heterocycles. The highest BCUT2D eigenvalue weighted by molar-refractivity contribution is 5.71. The van der Waals surface area contributed by atoms with Crippen LogP contribution >= 0.6 is 0 Å². The van der Waals surface area contributed by atoms with Crippen molar-refractivity contribution >= 4 is 11.6 Å². The lowest BCUT2D eigenvalue weighted by Gasteiger charge is -2.28. The molecular weight excluding hydrogens is 202 g/mol. The first-order valence-corrected chi connectivity index (χ1v) is 5.32. The summed E-state index contributed by atoms with van der Waals surface area (Å²) < 4.78 is 0. The van der Waals surface area contributed by atoms with E-state index in [2.05, 4.69) is 0 Å². The van der Waals surface area contributed by atoms with Crippen LogP contribution in [0.1, 0.15) is 26.3 Å². The largest absolute Gasteiger partial charge is 0.262 e. The van der Waals surface area contributed by atoms with Gasteiger partial charge in [-0.1, -0.05) is 18.2 Å². The van der Waals surface area contributed by atoms with Crippen molar-refractivity contribution in [3.05, 3.63) is 35.5 Å². The van der Waals surface area contributed by atoms with E-state index < -0.39 is 0 Å². The van der Waals surface area contributed by atoms with Crippen molar-refractivity contribution < 1.29 is 9.63 Å². The third kappa shape index (κ3) is 2.01. The van der Waals surface area contributed by atoms with E-state index in [0.717, 1.165) is 11.3 Å². The second-order valence-electron chi connectivity index (χ2n) is 4.85. The molecule has 0 aromatic heterocycles. The van der Waals surface area contributed by atoms with Crippen LogP contribution in [-0.4, -0.2) is 11.5 Å². The molecule has 2 rings (SSSR count). The van der Waals surface area contributed by atoms with Crippen molar-refractivity contribution in [1.82, 2.24) is 0 Å². The Balaban J connectivity index is 2.39. The number of para-hydroxylation sites is 1. The Morgan fingerprint density at radius 2 is 2.00 bits per heavy atom. The molecule has 16 heavy (non-hydrogen) atoms. The van der Waals surface area contributed by atoms with E-state index in [1.807, 2.05) is 51.0 Å². The lowest BCUT2D eigenvalue weighted by atomic mass is 10.1. The maximum absolute atomic E-state index is 10.9. The molecule has 1 aromatic carbocycles. The van der Waals surface area contributed by atoms with Crippen LogP contribution in [0.5, 0.6) is 0 Å². The van der Waals surface area contributed by atoms with Gasteiger partial charge < -0.3 is 0 Å². The topological polar surface area (TPSA) is 29.5 Å². The first-order chi connectivity index (χ1) is 7.51. The summed E-state index contributed by atoms with van der Waals surface area (Å²) in [4.78, 5) is 16.7. The summed E-state index contributed by atoms with van der Waals surface area (Å²) in [6.07, 6.45) is 0.593. The summed E-state index contributed by atoms with van der Waals surface area (Å²) in [6.45, 7) is 5.86. The Hall–Kier alpha value is -1.57. The number of hydrogen-bond acceptors (Lipinski definition) is 3. The van der Waals surface area contributed by atoms with Crippen molar-refractivity contribution in [2.75, 3.05) is 5.06 Å². The molecule has 3 heteroatoms. The molecule has 1 aliphatic heterocycles. The van der Waals surface area contributed by atoms with Crippen LogP contribution in [0.2, 0.25) is 0 Å². The number of hydroxylamine groups is 1. The number of fused-ring (bicyclic) bond motifs is 1. The van der Waals surface area contributed by atoms with Crippen LogP contribution in [0.15, 0.2) is 30.0 Å². The average molecular weight is 217 g/mol. The molecule has 0 fully saturated rings. The maximum Gasteiger partial charge on any atom is 0.148 e. The van der Waals surface area contributed by atoms with E-state index in [9.17, 15) is 4.79 Å². The normalized spacial score (nSPS) is 14.9. The third-order valence-corrected chi connectivity index (χ3v) is 2.30. The fourth-order valence-electron chi connectivity index (χ4n) is 1.71. The van der Waals surface area contributed by atoms with E-state index in [1.54, 1.807) is 5.06 Å². The molecule has 0 saturated carbocycles. The van der Waals surface area contributed by atoms with Gasteiger partial charge in [-0.25, -0.2) is 9.86 Å². The van der Waals surface area contributed by atoms with E-state index in [-0.39, 0.29) is 5.60 Å². The van der Waals surface area contributed by atoms with Crippen molar-refractivity contribution in [3.8, 4) is 0 Å². The van der Waals surface area contributed by atoms with Crippen molar-refractivity contribution in [1.29, 1.82) is 0 Å². The maximum atomic E-state index is 10.9. The second-order valence-corrected chi connectivity index (χ2v) is 4.85. The fraction of sp³-hybridized carbons (Fsp3) is 0.385. The van der Waals surface area contributed by atoms with Gasteiger partial charge in [0.1, 0.15) is 11.6 Å². The Kier molecular flexibility index (Phi) is 2.58. The molecule has 0 spiro atoms. The highest BCUT2D eigenvalue weighted by Gasteiger charge is 2.29. The van der Waals surface area contributed by atoms with Gasteiger partial charge >= 0.3 is 0 Å². The van der Waals surface area contributed by atoms with Gasteiger partial charge in [0.2, 0.25) is 0 Å². The predicted octanol–water partition coefficient (Wildman–Crippen LogP) is 2.49. The Labute approximate surface area is 95.3 Å². The van der Waals surface area contributed by atoms with Crippen LogP contribution in [0, 0.1) is 0 Å². The monoisotopic (exact) mass is 217 g/mol. The summed E-state index contributed by atoms with van der Waals surface area (Å²) in [5, 5.41) is 1.60. The van der Waals surface area contributed by atoms with E-state index in [1.165, 1.54) is 0 Å². The van der Waals surface area contributed by atoms with E-state index >= 15 is 0 Å². The van der Waals surface area contributed by atoms with Gasteiger partial charge in [-0.2, -0.15) is 0 Å². The molecule has 0 saturated heterocycles. The lowest BCUT2D eigenvalue weighted by molar-refractivity contribution is -0.00804. The van der Waals surface area contributed by atoms with E-state index in [0.29, 0.717) is 12.1 Å². The first kappa shape index (κ1) is 10.9. The zero-order valence-electron chi connectivity index (χ0n) is 9.78. The van der Waals surface area contributed by atoms with Crippen LogP contribution in [0.3, 0.4) is 0 Å². The van der Waals surface area contributed by atoms with Crippen molar-refractivity contribution in [2.24, 2.45) is 0 Å². The molecule has 0 atom stereocenters. The summed E-state index contributed by atoms with van der Waals surface area (Å²) in [6, 6.07) is 7.84. The summed E-state index contributed by atoms with van der Waals surface area (Å²) in [5.74, 6) is 1.95. The van der Waals surface area contributed by atoms with Crippen LogP contribution in [0.4, 0.5) is 5.69 Å². The minimum absolute atomic E-state index is 0.334. The van der Waals surface area contributed by atoms with Crippen LogP contribution < -0.4 is 5.06 Å². The molecular formula is C13H15NO2. The quantitative estimate of drug-likeness (QED) is 0.677. The Morgan fingerprint density at radius 3 is 2.62 bits per heavy atom. The first-order valence-electron chi connectivity index (χ1n) is 5.32. The second kappa shape index (κ2) is 3.78. The third-order valence-electron chi connectivity index (χ3n) is 2.30. The molecule has 1 aromatic rings. The van der Waals surface area contributed by atoms with Crippen LogP contribution in [0.25, 0.3) is 0 Å².